The third-order valence-corrected chi connectivity index (χ3v) is 2.35. The maximum atomic E-state index is 8.70. The molecule has 13 heavy (non-hydrogen) atoms. The summed E-state index contributed by atoms with van der Waals surface area (Å²) in [6.07, 6.45) is 3.33. The number of nitrogens with one attached hydrogen (secondary N) is 1. The Balaban J connectivity index is 2.03. The zero-order valence-electron chi connectivity index (χ0n) is 7.49. The molecule has 0 spiro atoms. The standard InChI is InChI=1S/C9H14N2O2/c12-4-2-8-6-13-9(11-8)7-1-3-10-5-7/h6-7,10,12H,1-5H2. The van der Waals surface area contributed by atoms with Crippen molar-refractivity contribution in [3.63, 3.8) is 0 Å². The highest BCUT2D eigenvalue weighted by molar-refractivity contribution is 5.03. The Morgan fingerprint density at radius 3 is 3.31 bits per heavy atom. The highest BCUT2D eigenvalue weighted by atomic mass is 16.3. The lowest BCUT2D eigenvalue weighted by atomic mass is 10.1. The lowest BCUT2D eigenvalue weighted by Crippen LogP contribution is -2.08. The molecule has 2 heterocycles. The first-order chi connectivity index (χ1) is 6.40. The van der Waals surface area contributed by atoms with Gasteiger partial charge in [-0.05, 0) is 13.0 Å². The Labute approximate surface area is 77.0 Å². The molecule has 0 amide bonds. The molecule has 1 aromatic rings. The number of aromatic nitrogens is 1. The Kier molecular flexibility index (Phi) is 2.61. The van der Waals surface area contributed by atoms with Crippen LogP contribution in [0.3, 0.4) is 0 Å². The fourth-order valence-corrected chi connectivity index (χ4v) is 1.60. The van der Waals surface area contributed by atoms with Crippen LogP contribution in [0.4, 0.5) is 0 Å². The van der Waals surface area contributed by atoms with Crippen LogP contribution in [0.15, 0.2) is 10.7 Å². The van der Waals surface area contributed by atoms with Crippen molar-refractivity contribution in [3.05, 3.63) is 17.8 Å². The van der Waals surface area contributed by atoms with Crippen molar-refractivity contribution in [2.45, 2.75) is 18.8 Å². The molecule has 4 heteroatoms. The summed E-state index contributed by atoms with van der Waals surface area (Å²) in [6.45, 7) is 2.14. The van der Waals surface area contributed by atoms with Crippen LogP contribution < -0.4 is 5.32 Å². The number of aliphatic hydroxyl groups is 1. The van der Waals surface area contributed by atoms with E-state index in [2.05, 4.69) is 10.3 Å². The first-order valence-electron chi connectivity index (χ1n) is 4.66. The molecule has 0 radical (unpaired) electrons. The smallest absolute Gasteiger partial charge is 0.198 e. The van der Waals surface area contributed by atoms with E-state index in [1.54, 1.807) is 6.26 Å². The molecular weight excluding hydrogens is 168 g/mol. The second-order valence-electron chi connectivity index (χ2n) is 3.34. The molecule has 1 saturated heterocycles. The minimum atomic E-state index is 0.134. The third kappa shape index (κ3) is 1.89. The van der Waals surface area contributed by atoms with Gasteiger partial charge in [-0.15, -0.1) is 0 Å². The van der Waals surface area contributed by atoms with E-state index in [4.69, 9.17) is 9.52 Å². The zero-order chi connectivity index (χ0) is 9.10. The lowest BCUT2D eigenvalue weighted by Gasteiger charge is -1.99. The molecule has 0 aliphatic carbocycles. The first-order valence-corrected chi connectivity index (χ1v) is 4.66. The van der Waals surface area contributed by atoms with E-state index in [9.17, 15) is 0 Å². The molecule has 1 aromatic heterocycles. The maximum Gasteiger partial charge on any atom is 0.198 e. The highest BCUT2D eigenvalue weighted by Gasteiger charge is 2.21. The predicted molar refractivity (Wildman–Crippen MR) is 47.5 cm³/mol. The summed E-state index contributed by atoms with van der Waals surface area (Å²) >= 11 is 0. The van der Waals surface area contributed by atoms with Crippen LogP contribution in [-0.4, -0.2) is 29.8 Å². The Bertz CT molecular complexity index is 266. The van der Waals surface area contributed by atoms with Crippen LogP contribution in [0.2, 0.25) is 0 Å². The largest absolute Gasteiger partial charge is 0.448 e. The monoisotopic (exact) mass is 182 g/mol. The third-order valence-electron chi connectivity index (χ3n) is 2.35. The summed E-state index contributed by atoms with van der Waals surface area (Å²) in [5.74, 6) is 1.24. The summed E-state index contributed by atoms with van der Waals surface area (Å²) in [5.41, 5.74) is 0.851. The summed E-state index contributed by atoms with van der Waals surface area (Å²) in [5, 5.41) is 12.0. The molecule has 2 rings (SSSR count). The van der Waals surface area contributed by atoms with E-state index >= 15 is 0 Å². The second kappa shape index (κ2) is 3.89. The van der Waals surface area contributed by atoms with E-state index in [0.717, 1.165) is 31.1 Å². The molecule has 1 atom stereocenters. The van der Waals surface area contributed by atoms with Gasteiger partial charge in [-0.3, -0.25) is 0 Å². The molecule has 0 aromatic carbocycles. The Morgan fingerprint density at radius 2 is 2.62 bits per heavy atom. The quantitative estimate of drug-likeness (QED) is 0.705. The zero-order valence-corrected chi connectivity index (χ0v) is 7.49. The van der Waals surface area contributed by atoms with Crippen molar-refractivity contribution in [1.29, 1.82) is 0 Å². The van der Waals surface area contributed by atoms with Gasteiger partial charge in [-0.25, -0.2) is 4.98 Å². The normalized spacial score (nSPS) is 22.4. The van der Waals surface area contributed by atoms with Crippen molar-refractivity contribution in [2.75, 3.05) is 19.7 Å². The predicted octanol–water partition coefficient (Wildman–Crippen LogP) is 0.286. The van der Waals surface area contributed by atoms with Crippen LogP contribution in [0.5, 0.6) is 0 Å². The summed E-state index contributed by atoms with van der Waals surface area (Å²) < 4.78 is 5.34. The summed E-state index contributed by atoms with van der Waals surface area (Å²) in [7, 11) is 0. The lowest BCUT2D eigenvalue weighted by molar-refractivity contribution is 0.298. The first kappa shape index (κ1) is 8.72. The number of rotatable bonds is 3. The molecule has 1 aliphatic heterocycles. The molecule has 1 aliphatic rings. The van der Waals surface area contributed by atoms with Crippen LogP contribution in [0.1, 0.15) is 23.9 Å². The van der Waals surface area contributed by atoms with Crippen molar-refractivity contribution in [3.8, 4) is 0 Å². The van der Waals surface area contributed by atoms with Gasteiger partial charge in [-0.2, -0.15) is 0 Å². The Morgan fingerprint density at radius 1 is 1.69 bits per heavy atom. The van der Waals surface area contributed by atoms with Gasteiger partial charge < -0.3 is 14.8 Å². The van der Waals surface area contributed by atoms with Gasteiger partial charge in [0.15, 0.2) is 5.89 Å². The number of hydrogen-bond donors (Lipinski definition) is 2. The van der Waals surface area contributed by atoms with Gasteiger partial charge in [-0.1, -0.05) is 0 Å². The number of oxazole rings is 1. The molecular formula is C9H14N2O2. The fourth-order valence-electron chi connectivity index (χ4n) is 1.60. The minimum Gasteiger partial charge on any atom is -0.448 e. The van der Waals surface area contributed by atoms with E-state index in [0.29, 0.717) is 12.3 Å². The molecule has 72 valence electrons. The maximum absolute atomic E-state index is 8.70. The van der Waals surface area contributed by atoms with Crippen molar-refractivity contribution in [1.82, 2.24) is 10.3 Å². The molecule has 1 unspecified atom stereocenters. The van der Waals surface area contributed by atoms with Gasteiger partial charge in [0.05, 0.1) is 5.69 Å². The van der Waals surface area contributed by atoms with Gasteiger partial charge in [0.25, 0.3) is 0 Å². The average molecular weight is 182 g/mol. The van der Waals surface area contributed by atoms with E-state index in [1.165, 1.54) is 0 Å². The van der Waals surface area contributed by atoms with Gasteiger partial charge in [0.2, 0.25) is 0 Å². The number of hydrogen-bond acceptors (Lipinski definition) is 4. The molecule has 4 nitrogen and oxygen atoms in total. The Hall–Kier alpha value is -0.870. The second-order valence-corrected chi connectivity index (χ2v) is 3.34. The molecule has 0 bridgehead atoms. The SMILES string of the molecule is OCCc1coc(C2CCNC2)n1. The molecule has 1 fully saturated rings. The highest BCUT2D eigenvalue weighted by Crippen LogP contribution is 2.21. The van der Waals surface area contributed by atoms with Gasteiger partial charge >= 0.3 is 0 Å². The van der Waals surface area contributed by atoms with Crippen LogP contribution in [0, 0.1) is 0 Å². The van der Waals surface area contributed by atoms with Crippen LogP contribution in [-0.2, 0) is 6.42 Å². The van der Waals surface area contributed by atoms with Gasteiger partial charge in [0, 0.05) is 25.5 Å². The van der Waals surface area contributed by atoms with Crippen molar-refractivity contribution >= 4 is 0 Å². The number of nitrogens with zero attached hydrogens (tertiary/aromatic N) is 1. The van der Waals surface area contributed by atoms with E-state index in [-0.39, 0.29) is 6.61 Å². The van der Waals surface area contributed by atoms with Crippen molar-refractivity contribution in [2.24, 2.45) is 0 Å². The van der Waals surface area contributed by atoms with Crippen LogP contribution >= 0.6 is 0 Å². The van der Waals surface area contributed by atoms with E-state index in [1.807, 2.05) is 0 Å². The van der Waals surface area contributed by atoms with Gasteiger partial charge in [0.1, 0.15) is 6.26 Å². The summed E-state index contributed by atoms with van der Waals surface area (Å²) in [4.78, 5) is 4.32. The minimum absolute atomic E-state index is 0.134. The van der Waals surface area contributed by atoms with Crippen molar-refractivity contribution < 1.29 is 9.52 Å². The molecule has 2 N–H and O–H groups in total. The summed E-state index contributed by atoms with van der Waals surface area (Å²) in [6, 6.07) is 0. The number of aliphatic hydroxyl groups excluding tert-OH is 1. The van der Waals surface area contributed by atoms with Crippen LogP contribution in [0.25, 0.3) is 0 Å². The van der Waals surface area contributed by atoms with E-state index < -0.39 is 0 Å². The topological polar surface area (TPSA) is 58.3 Å². The molecule has 0 saturated carbocycles. The fraction of sp³-hybridized carbons (Fsp3) is 0.667. The average Bonchev–Trinajstić information content (AvgIpc) is 2.70.